The second kappa shape index (κ2) is 7.34. The number of nitrogens with one attached hydrogen (secondary N) is 1. The van der Waals surface area contributed by atoms with Gasteiger partial charge in [0.25, 0.3) is 0 Å². The largest absolute Gasteiger partial charge is 0.379 e. The van der Waals surface area contributed by atoms with E-state index in [9.17, 15) is 0 Å². The molecule has 1 rings (SSSR count). The Bertz CT molecular complexity index is 206. The van der Waals surface area contributed by atoms with Gasteiger partial charge in [0.05, 0.1) is 19.3 Å². The summed E-state index contributed by atoms with van der Waals surface area (Å²) in [6.45, 7) is 9.13. The van der Waals surface area contributed by atoms with Crippen LogP contribution in [0.15, 0.2) is 0 Å². The lowest BCUT2D eigenvalue weighted by molar-refractivity contribution is -0.00948. The fourth-order valence-corrected chi connectivity index (χ4v) is 2.70. The summed E-state index contributed by atoms with van der Waals surface area (Å²) in [6.07, 6.45) is 5.09. The van der Waals surface area contributed by atoms with Crippen LogP contribution in [0.2, 0.25) is 0 Å². The Hall–Kier alpha value is -0.120. The summed E-state index contributed by atoms with van der Waals surface area (Å²) in [6, 6.07) is 0.471. The monoisotopic (exact) mass is 243 g/mol. The fraction of sp³-hybridized carbons (Fsp3) is 1.00. The lowest BCUT2D eigenvalue weighted by Crippen LogP contribution is -2.43. The van der Waals surface area contributed by atoms with Gasteiger partial charge in [-0.25, -0.2) is 0 Å². The highest BCUT2D eigenvalue weighted by Crippen LogP contribution is 2.38. The smallest absolute Gasteiger partial charge is 0.0734 e. The Morgan fingerprint density at radius 2 is 2.00 bits per heavy atom. The van der Waals surface area contributed by atoms with Crippen molar-refractivity contribution >= 4 is 0 Å². The van der Waals surface area contributed by atoms with Gasteiger partial charge in [0.2, 0.25) is 0 Å². The molecule has 0 aromatic carbocycles. The summed E-state index contributed by atoms with van der Waals surface area (Å²) < 4.78 is 11.4. The van der Waals surface area contributed by atoms with Crippen LogP contribution in [0.3, 0.4) is 0 Å². The van der Waals surface area contributed by atoms with E-state index in [4.69, 9.17) is 9.47 Å². The Kier molecular flexibility index (Phi) is 6.45. The summed E-state index contributed by atoms with van der Waals surface area (Å²) in [5.74, 6) is 0. The molecule has 1 fully saturated rings. The number of ether oxygens (including phenoxy) is 2. The molecule has 0 aromatic heterocycles. The quantitative estimate of drug-likeness (QED) is 0.665. The van der Waals surface area contributed by atoms with E-state index in [0.29, 0.717) is 17.6 Å². The van der Waals surface area contributed by atoms with Gasteiger partial charge in [0.15, 0.2) is 0 Å². The molecule has 0 saturated heterocycles. The van der Waals surface area contributed by atoms with Crippen molar-refractivity contribution in [3.05, 3.63) is 0 Å². The summed E-state index contributed by atoms with van der Waals surface area (Å²) in [5.41, 5.74) is 0.350. The molecule has 2 unspecified atom stereocenters. The van der Waals surface area contributed by atoms with Crippen LogP contribution >= 0.6 is 0 Å². The zero-order chi connectivity index (χ0) is 12.7. The number of rotatable bonds is 8. The molecule has 17 heavy (non-hydrogen) atoms. The van der Waals surface area contributed by atoms with Crippen molar-refractivity contribution in [3.8, 4) is 0 Å². The highest BCUT2D eigenvalue weighted by molar-refractivity contribution is 4.96. The Morgan fingerprint density at radius 1 is 1.24 bits per heavy atom. The van der Waals surface area contributed by atoms with E-state index in [1.807, 2.05) is 7.05 Å². The lowest BCUT2D eigenvalue weighted by Gasteiger charge is -2.30. The van der Waals surface area contributed by atoms with Crippen molar-refractivity contribution in [3.63, 3.8) is 0 Å². The summed E-state index contributed by atoms with van der Waals surface area (Å²) in [5, 5.41) is 3.40. The van der Waals surface area contributed by atoms with Crippen LogP contribution in [0.25, 0.3) is 0 Å². The SMILES string of the molecule is CCCCOCCOC1CCC(C)(C)C1NC. The maximum Gasteiger partial charge on any atom is 0.0734 e. The van der Waals surface area contributed by atoms with Gasteiger partial charge in [-0.15, -0.1) is 0 Å². The number of hydrogen-bond donors (Lipinski definition) is 1. The van der Waals surface area contributed by atoms with Crippen LogP contribution in [0.5, 0.6) is 0 Å². The summed E-state index contributed by atoms with van der Waals surface area (Å²) in [4.78, 5) is 0. The zero-order valence-electron chi connectivity index (χ0n) is 11.9. The molecule has 0 aromatic rings. The summed E-state index contributed by atoms with van der Waals surface area (Å²) >= 11 is 0. The molecule has 1 aliphatic rings. The van der Waals surface area contributed by atoms with Crippen LogP contribution in [0.4, 0.5) is 0 Å². The molecule has 2 atom stereocenters. The van der Waals surface area contributed by atoms with Gasteiger partial charge in [0, 0.05) is 12.6 Å². The number of unbranched alkanes of at least 4 members (excludes halogenated alkanes) is 1. The van der Waals surface area contributed by atoms with Gasteiger partial charge in [-0.1, -0.05) is 27.2 Å². The number of hydrogen-bond acceptors (Lipinski definition) is 3. The molecular formula is C14H29NO2. The van der Waals surface area contributed by atoms with E-state index >= 15 is 0 Å². The van der Waals surface area contributed by atoms with Crippen LogP contribution in [-0.2, 0) is 9.47 Å². The topological polar surface area (TPSA) is 30.5 Å². The van der Waals surface area contributed by atoms with E-state index in [1.54, 1.807) is 0 Å². The normalized spacial score (nSPS) is 27.5. The average Bonchev–Trinajstić information content (AvgIpc) is 2.58. The van der Waals surface area contributed by atoms with Gasteiger partial charge in [-0.05, 0) is 31.7 Å². The van der Waals surface area contributed by atoms with E-state index in [-0.39, 0.29) is 0 Å². The lowest BCUT2D eigenvalue weighted by atomic mass is 9.87. The van der Waals surface area contributed by atoms with Gasteiger partial charge in [0.1, 0.15) is 0 Å². The Morgan fingerprint density at radius 3 is 2.65 bits per heavy atom. The average molecular weight is 243 g/mol. The van der Waals surface area contributed by atoms with Crippen molar-refractivity contribution in [1.82, 2.24) is 5.32 Å². The molecule has 0 spiro atoms. The van der Waals surface area contributed by atoms with E-state index in [0.717, 1.165) is 32.7 Å². The first kappa shape index (κ1) is 14.9. The fourth-order valence-electron chi connectivity index (χ4n) is 2.70. The van der Waals surface area contributed by atoms with Crippen LogP contribution in [0, 0.1) is 5.41 Å². The maximum absolute atomic E-state index is 5.93. The predicted molar refractivity (Wildman–Crippen MR) is 71.3 cm³/mol. The Balaban J connectivity index is 2.15. The van der Waals surface area contributed by atoms with Crippen molar-refractivity contribution in [2.75, 3.05) is 26.9 Å². The van der Waals surface area contributed by atoms with Crippen molar-refractivity contribution in [2.24, 2.45) is 5.41 Å². The molecule has 1 aliphatic carbocycles. The molecule has 0 amide bonds. The van der Waals surface area contributed by atoms with Gasteiger partial charge in [-0.2, -0.15) is 0 Å². The minimum absolute atomic E-state index is 0.350. The van der Waals surface area contributed by atoms with Crippen LogP contribution < -0.4 is 5.32 Å². The third-order valence-corrected chi connectivity index (χ3v) is 3.80. The maximum atomic E-state index is 5.93. The van der Waals surface area contributed by atoms with Crippen LogP contribution in [0.1, 0.15) is 46.5 Å². The van der Waals surface area contributed by atoms with Crippen molar-refractivity contribution in [1.29, 1.82) is 0 Å². The number of likely N-dealkylation sites (N-methyl/N-ethyl adjacent to an activating group) is 1. The zero-order valence-corrected chi connectivity index (χ0v) is 11.9. The van der Waals surface area contributed by atoms with Gasteiger partial charge < -0.3 is 14.8 Å². The molecule has 0 aliphatic heterocycles. The van der Waals surface area contributed by atoms with Gasteiger partial charge in [-0.3, -0.25) is 0 Å². The van der Waals surface area contributed by atoms with E-state index < -0.39 is 0 Å². The highest BCUT2D eigenvalue weighted by Gasteiger charge is 2.41. The molecule has 102 valence electrons. The van der Waals surface area contributed by atoms with E-state index in [1.165, 1.54) is 12.8 Å². The molecule has 0 radical (unpaired) electrons. The summed E-state index contributed by atoms with van der Waals surface area (Å²) in [7, 11) is 2.03. The highest BCUT2D eigenvalue weighted by atomic mass is 16.5. The predicted octanol–water partition coefficient (Wildman–Crippen LogP) is 2.60. The minimum atomic E-state index is 0.350. The van der Waals surface area contributed by atoms with Crippen LogP contribution in [-0.4, -0.2) is 39.0 Å². The molecule has 1 saturated carbocycles. The molecular weight excluding hydrogens is 214 g/mol. The third kappa shape index (κ3) is 4.57. The standard InChI is InChI=1S/C14H29NO2/c1-5-6-9-16-10-11-17-12-7-8-14(2,3)13(12)15-4/h12-13,15H,5-11H2,1-4H3. The molecule has 3 heteroatoms. The first-order valence-electron chi connectivity index (χ1n) is 6.98. The molecule has 1 N–H and O–H groups in total. The van der Waals surface area contributed by atoms with Crippen molar-refractivity contribution in [2.45, 2.75) is 58.6 Å². The first-order valence-corrected chi connectivity index (χ1v) is 6.98. The minimum Gasteiger partial charge on any atom is -0.379 e. The van der Waals surface area contributed by atoms with Gasteiger partial charge >= 0.3 is 0 Å². The third-order valence-electron chi connectivity index (χ3n) is 3.80. The van der Waals surface area contributed by atoms with E-state index in [2.05, 4.69) is 26.1 Å². The molecule has 0 bridgehead atoms. The second-order valence-corrected chi connectivity index (χ2v) is 5.67. The molecule has 0 heterocycles. The Labute approximate surface area is 106 Å². The second-order valence-electron chi connectivity index (χ2n) is 5.67. The molecule has 3 nitrogen and oxygen atoms in total. The first-order chi connectivity index (χ1) is 8.11. The van der Waals surface area contributed by atoms with Crippen molar-refractivity contribution < 1.29 is 9.47 Å².